The molecule has 3 N–H and O–H groups in total. The van der Waals surface area contributed by atoms with E-state index in [4.69, 9.17) is 18.9 Å². The van der Waals surface area contributed by atoms with E-state index < -0.39 is 24.2 Å². The van der Waals surface area contributed by atoms with Gasteiger partial charge in [0.15, 0.2) is 23.0 Å². The standard InChI is InChI=1S/C39H43N5O7/c1-18-13-25(42-24-12-10-9-11-21(18)24)39(47)41-17-29-30-22(35(48-5)19(2)37(50-7)33(30)45)15-27-32-31-23(14-26(43(32)4)28(16-40)44(27)29)36(49-6)20(3)38(51-8)34(31)46/h9-13,26-29,32,45-46H,14-15,17H2,1-8H3,(H,41,47)/t26-,27-,28-,29-,32-/m0/s1. The van der Waals surface area contributed by atoms with Crippen molar-refractivity contribution in [1.29, 1.82) is 5.26 Å². The van der Waals surface area contributed by atoms with Crippen LogP contribution < -0.4 is 24.3 Å². The molecule has 0 aliphatic carbocycles. The Morgan fingerprint density at radius 2 is 1.47 bits per heavy atom. The van der Waals surface area contributed by atoms with Crippen molar-refractivity contribution in [3.05, 3.63) is 75.0 Å². The molecule has 3 aliphatic heterocycles. The number of likely N-dealkylation sites (N-methyl/N-ethyl adjacent to an activating group) is 1. The largest absolute Gasteiger partial charge is 0.504 e. The lowest BCUT2D eigenvalue weighted by Gasteiger charge is -2.60. The number of aryl methyl sites for hydroxylation is 1. The molecular weight excluding hydrogens is 650 g/mol. The second-order valence-corrected chi connectivity index (χ2v) is 13.6. The summed E-state index contributed by atoms with van der Waals surface area (Å²) < 4.78 is 23.4. The van der Waals surface area contributed by atoms with Gasteiger partial charge in [0.1, 0.15) is 23.2 Å². The van der Waals surface area contributed by atoms with Gasteiger partial charge in [0.2, 0.25) is 0 Å². The van der Waals surface area contributed by atoms with Crippen LogP contribution in [-0.4, -0.2) is 91.1 Å². The molecule has 1 saturated heterocycles. The van der Waals surface area contributed by atoms with Gasteiger partial charge in [-0.3, -0.25) is 14.6 Å². The van der Waals surface area contributed by atoms with Crippen molar-refractivity contribution < 1.29 is 34.0 Å². The van der Waals surface area contributed by atoms with Crippen LogP contribution in [0.25, 0.3) is 10.9 Å². The zero-order valence-corrected chi connectivity index (χ0v) is 30.1. The highest BCUT2D eigenvalue weighted by molar-refractivity contribution is 5.96. The number of hydrogen-bond acceptors (Lipinski definition) is 11. The first-order valence-corrected chi connectivity index (χ1v) is 17.0. The minimum absolute atomic E-state index is 0.0329. The number of pyridine rings is 1. The number of nitrogens with zero attached hydrogens (tertiary/aromatic N) is 4. The van der Waals surface area contributed by atoms with Crippen molar-refractivity contribution in [1.82, 2.24) is 20.1 Å². The number of rotatable bonds is 7. The van der Waals surface area contributed by atoms with Crippen molar-refractivity contribution in [2.45, 2.75) is 63.8 Å². The van der Waals surface area contributed by atoms with Crippen LogP contribution in [0.5, 0.6) is 34.5 Å². The summed E-state index contributed by atoms with van der Waals surface area (Å²) >= 11 is 0. The van der Waals surface area contributed by atoms with Crippen LogP contribution in [0.2, 0.25) is 0 Å². The Balaban J connectivity index is 1.41. The summed E-state index contributed by atoms with van der Waals surface area (Å²) in [6.07, 6.45) is 0.786. The van der Waals surface area contributed by atoms with Crippen LogP contribution in [0.4, 0.5) is 0 Å². The van der Waals surface area contributed by atoms with Gasteiger partial charge < -0.3 is 34.5 Å². The van der Waals surface area contributed by atoms with Gasteiger partial charge in [0, 0.05) is 57.4 Å². The quantitative estimate of drug-likeness (QED) is 0.245. The Kier molecular flexibility index (Phi) is 8.60. The lowest BCUT2D eigenvalue weighted by Crippen LogP contribution is -2.68. The average Bonchev–Trinajstić information content (AvgIpc) is 3.11. The number of aromatic nitrogens is 1. The van der Waals surface area contributed by atoms with Crippen LogP contribution in [-0.2, 0) is 12.8 Å². The normalized spacial score (nSPS) is 22.3. The molecule has 0 spiro atoms. The third-order valence-electron chi connectivity index (χ3n) is 11.3. The van der Waals surface area contributed by atoms with Crippen molar-refractivity contribution >= 4 is 16.8 Å². The van der Waals surface area contributed by atoms with E-state index in [0.29, 0.717) is 57.9 Å². The number of carbonyl (C=O) groups excluding carboxylic acids is 1. The number of fused-ring (bicyclic) bond motifs is 8. The summed E-state index contributed by atoms with van der Waals surface area (Å²) in [5, 5.41) is 38.8. The fraction of sp³-hybridized carbons (Fsp3) is 0.410. The zero-order valence-electron chi connectivity index (χ0n) is 30.1. The molecule has 0 saturated carbocycles. The van der Waals surface area contributed by atoms with Gasteiger partial charge in [-0.05, 0) is 58.4 Å². The van der Waals surface area contributed by atoms with Gasteiger partial charge in [0.05, 0.1) is 52.1 Å². The molecule has 4 heterocycles. The predicted octanol–water partition coefficient (Wildman–Crippen LogP) is 4.81. The van der Waals surface area contributed by atoms with Gasteiger partial charge in [-0.15, -0.1) is 0 Å². The van der Waals surface area contributed by atoms with Crippen LogP contribution >= 0.6 is 0 Å². The molecule has 266 valence electrons. The summed E-state index contributed by atoms with van der Waals surface area (Å²) in [5.41, 5.74) is 6.01. The second-order valence-electron chi connectivity index (χ2n) is 13.6. The summed E-state index contributed by atoms with van der Waals surface area (Å²) in [6.45, 7) is 5.67. The maximum absolute atomic E-state index is 13.9. The first kappa shape index (κ1) is 34.2. The minimum atomic E-state index is -0.686. The third-order valence-corrected chi connectivity index (χ3v) is 11.3. The van der Waals surface area contributed by atoms with E-state index in [-0.39, 0.29) is 41.4 Å². The Morgan fingerprint density at radius 3 is 2.08 bits per heavy atom. The molecule has 2 bridgehead atoms. The lowest BCUT2D eigenvalue weighted by atomic mass is 9.71. The van der Waals surface area contributed by atoms with Crippen molar-refractivity contribution in [2.24, 2.45) is 0 Å². The molecule has 1 amide bonds. The molecule has 12 heteroatoms. The van der Waals surface area contributed by atoms with Crippen LogP contribution in [0, 0.1) is 32.1 Å². The Bertz CT molecular complexity index is 2130. The molecule has 4 aromatic rings. The van der Waals surface area contributed by atoms with E-state index in [1.807, 2.05) is 52.1 Å². The number of hydrogen-bond donors (Lipinski definition) is 3. The summed E-state index contributed by atoms with van der Waals surface area (Å²) in [6, 6.07) is 9.52. The van der Waals surface area contributed by atoms with E-state index >= 15 is 0 Å². The van der Waals surface area contributed by atoms with E-state index in [1.54, 1.807) is 20.3 Å². The second kappa shape index (κ2) is 12.8. The average molecular weight is 694 g/mol. The fourth-order valence-electron chi connectivity index (χ4n) is 9.16. The zero-order chi connectivity index (χ0) is 36.5. The molecule has 3 aromatic carbocycles. The summed E-state index contributed by atoms with van der Waals surface area (Å²) in [4.78, 5) is 22.8. The third kappa shape index (κ3) is 4.93. The molecule has 12 nitrogen and oxygen atoms in total. The van der Waals surface area contributed by atoms with Gasteiger partial charge in [-0.25, -0.2) is 4.98 Å². The number of para-hydroxylation sites is 1. The highest BCUT2D eigenvalue weighted by Gasteiger charge is 2.57. The Morgan fingerprint density at radius 1 is 0.902 bits per heavy atom. The van der Waals surface area contributed by atoms with Crippen molar-refractivity contribution in [3.63, 3.8) is 0 Å². The molecule has 0 radical (unpaired) electrons. The number of phenolic OH excluding ortho intramolecular Hbond substituents is 2. The van der Waals surface area contributed by atoms with E-state index in [1.165, 1.54) is 14.2 Å². The van der Waals surface area contributed by atoms with Crippen LogP contribution in [0.3, 0.4) is 0 Å². The predicted molar refractivity (Wildman–Crippen MR) is 190 cm³/mol. The van der Waals surface area contributed by atoms with Gasteiger partial charge in [-0.2, -0.15) is 5.26 Å². The number of nitrogens with one attached hydrogen (secondary N) is 1. The van der Waals surface area contributed by atoms with Gasteiger partial charge in [0.25, 0.3) is 5.91 Å². The Labute approximate surface area is 297 Å². The first-order valence-electron chi connectivity index (χ1n) is 17.0. The van der Waals surface area contributed by atoms with E-state index in [9.17, 15) is 20.3 Å². The summed E-state index contributed by atoms with van der Waals surface area (Å²) in [7, 11) is 8.17. The number of aromatic hydroxyl groups is 2. The number of phenols is 2. The van der Waals surface area contributed by atoms with E-state index in [2.05, 4.69) is 26.2 Å². The Hall–Kier alpha value is -5.25. The fourth-order valence-corrected chi connectivity index (χ4v) is 9.16. The van der Waals surface area contributed by atoms with Crippen molar-refractivity contribution in [3.8, 4) is 40.6 Å². The lowest BCUT2D eigenvalue weighted by molar-refractivity contribution is -0.0724. The molecule has 3 aliphatic rings. The number of ether oxygens (including phenoxy) is 4. The van der Waals surface area contributed by atoms with Gasteiger partial charge >= 0.3 is 0 Å². The highest BCUT2D eigenvalue weighted by Crippen LogP contribution is 2.58. The smallest absolute Gasteiger partial charge is 0.269 e. The SMILES string of the molecule is COc1c(C)c(OC)c2c(c1O)[C@@H]1[C@@H]3Cc4c(OC)c(C)c(OC)c(O)c4[C@H](CNC(=O)c4cc(C)c5ccccc5n4)N3[C@@H](C#N)[C@H](C2)N1C. The maximum atomic E-state index is 13.9. The molecule has 51 heavy (non-hydrogen) atoms. The molecule has 1 fully saturated rings. The number of methoxy groups -OCH3 is 4. The molecule has 5 atom stereocenters. The van der Waals surface area contributed by atoms with Crippen LogP contribution in [0.1, 0.15) is 61.5 Å². The monoisotopic (exact) mass is 693 g/mol. The number of nitriles is 1. The molecule has 1 aromatic heterocycles. The molecule has 0 unspecified atom stereocenters. The molecule has 7 rings (SSSR count). The number of amides is 1. The van der Waals surface area contributed by atoms with Crippen molar-refractivity contribution in [2.75, 3.05) is 42.0 Å². The summed E-state index contributed by atoms with van der Waals surface area (Å²) in [5.74, 6) is 1.37. The topological polar surface area (TPSA) is 150 Å². The maximum Gasteiger partial charge on any atom is 0.269 e. The number of benzene rings is 3. The van der Waals surface area contributed by atoms with Crippen LogP contribution in [0.15, 0.2) is 30.3 Å². The first-order chi connectivity index (χ1) is 24.5. The van der Waals surface area contributed by atoms with Gasteiger partial charge in [-0.1, -0.05) is 18.2 Å². The number of carbonyl (C=O) groups is 1. The molecular formula is C39H43N5O7. The minimum Gasteiger partial charge on any atom is -0.504 e. The van der Waals surface area contributed by atoms with E-state index in [0.717, 1.165) is 22.1 Å². The highest BCUT2D eigenvalue weighted by atomic mass is 16.5. The number of piperazine rings is 1.